The van der Waals surface area contributed by atoms with Gasteiger partial charge in [-0.1, -0.05) is 23.7 Å². The van der Waals surface area contributed by atoms with E-state index in [1.54, 1.807) is 0 Å². The summed E-state index contributed by atoms with van der Waals surface area (Å²) in [7, 11) is 1.98. The molecule has 0 spiro atoms. The fourth-order valence-corrected chi connectivity index (χ4v) is 3.76. The molecule has 0 amide bonds. The fourth-order valence-electron chi connectivity index (χ4n) is 1.94. The normalized spacial score (nSPS) is 12.7. The van der Waals surface area contributed by atoms with Crippen LogP contribution in [0.5, 0.6) is 0 Å². The van der Waals surface area contributed by atoms with Crippen LogP contribution in [0.15, 0.2) is 28.7 Å². The highest BCUT2D eigenvalue weighted by molar-refractivity contribution is 9.10. The number of rotatable bonds is 3. The Morgan fingerprint density at radius 2 is 2.00 bits per heavy atom. The standard InChI is InChI=1S/C14H15BrClNS/c1-8-6-10(4-5-12(8)16)14(17-3)13-7-11(15)9(2)18-13/h4-7,14,17H,1-3H3. The summed E-state index contributed by atoms with van der Waals surface area (Å²) in [5, 5.41) is 4.19. The summed E-state index contributed by atoms with van der Waals surface area (Å²) in [6.07, 6.45) is 0. The van der Waals surface area contributed by atoms with Crippen LogP contribution >= 0.6 is 38.9 Å². The molecule has 0 radical (unpaired) electrons. The first-order valence-corrected chi connectivity index (χ1v) is 7.71. The second-order valence-electron chi connectivity index (χ2n) is 4.28. The SMILES string of the molecule is CNC(c1ccc(Cl)c(C)c1)c1cc(Br)c(C)s1. The number of hydrogen-bond donors (Lipinski definition) is 1. The first-order chi connectivity index (χ1) is 8.52. The Morgan fingerprint density at radius 1 is 1.28 bits per heavy atom. The van der Waals surface area contributed by atoms with Crippen LogP contribution in [-0.2, 0) is 0 Å². The molecular formula is C14H15BrClNS. The molecule has 2 aromatic rings. The summed E-state index contributed by atoms with van der Waals surface area (Å²) < 4.78 is 1.17. The minimum absolute atomic E-state index is 0.218. The molecule has 1 heterocycles. The average molecular weight is 345 g/mol. The van der Waals surface area contributed by atoms with E-state index in [0.717, 1.165) is 10.6 Å². The summed E-state index contributed by atoms with van der Waals surface area (Å²) in [5.41, 5.74) is 2.36. The molecule has 1 N–H and O–H groups in total. The Kier molecular flexibility index (Phi) is 4.49. The molecule has 0 saturated heterocycles. The Hall–Kier alpha value is -0.350. The van der Waals surface area contributed by atoms with Gasteiger partial charge in [0.05, 0.1) is 6.04 Å². The topological polar surface area (TPSA) is 12.0 Å². The van der Waals surface area contributed by atoms with Gasteiger partial charge in [0.2, 0.25) is 0 Å². The Morgan fingerprint density at radius 3 is 2.50 bits per heavy atom. The Balaban J connectivity index is 2.41. The lowest BCUT2D eigenvalue weighted by Crippen LogP contribution is -2.16. The van der Waals surface area contributed by atoms with Crippen LogP contribution in [0.2, 0.25) is 5.02 Å². The molecular weight excluding hydrogens is 330 g/mol. The third kappa shape index (κ3) is 2.80. The van der Waals surface area contributed by atoms with Crippen LogP contribution in [0, 0.1) is 13.8 Å². The summed E-state index contributed by atoms with van der Waals surface area (Å²) in [4.78, 5) is 2.61. The smallest absolute Gasteiger partial charge is 0.0669 e. The zero-order valence-corrected chi connectivity index (χ0v) is 13.7. The summed E-state index contributed by atoms with van der Waals surface area (Å²) in [5.74, 6) is 0. The van der Waals surface area contributed by atoms with Gasteiger partial charge in [-0.2, -0.15) is 0 Å². The van der Waals surface area contributed by atoms with Crippen molar-refractivity contribution in [1.29, 1.82) is 0 Å². The molecule has 18 heavy (non-hydrogen) atoms. The monoisotopic (exact) mass is 343 g/mol. The second-order valence-corrected chi connectivity index (χ2v) is 6.83. The predicted molar refractivity (Wildman–Crippen MR) is 83.8 cm³/mol. The summed E-state index contributed by atoms with van der Waals surface area (Å²) >= 11 is 11.5. The van der Waals surface area contributed by atoms with Crippen molar-refractivity contribution in [3.05, 3.63) is 54.6 Å². The molecule has 0 bridgehead atoms. The summed E-state index contributed by atoms with van der Waals surface area (Å²) in [6.45, 7) is 4.16. The first kappa shape index (κ1) is 14.1. The zero-order valence-electron chi connectivity index (χ0n) is 10.6. The van der Waals surface area contributed by atoms with Crippen LogP contribution < -0.4 is 5.32 Å². The fraction of sp³-hybridized carbons (Fsp3) is 0.286. The molecule has 1 aromatic carbocycles. The number of thiophene rings is 1. The molecule has 0 saturated carbocycles. The minimum atomic E-state index is 0.218. The van der Waals surface area contributed by atoms with Gasteiger partial charge >= 0.3 is 0 Å². The molecule has 96 valence electrons. The molecule has 0 fully saturated rings. The number of hydrogen-bond acceptors (Lipinski definition) is 2. The molecule has 1 nitrogen and oxygen atoms in total. The van der Waals surface area contributed by atoms with E-state index in [4.69, 9.17) is 11.6 Å². The molecule has 0 aliphatic rings. The lowest BCUT2D eigenvalue weighted by Gasteiger charge is -2.16. The van der Waals surface area contributed by atoms with E-state index in [-0.39, 0.29) is 6.04 Å². The lowest BCUT2D eigenvalue weighted by atomic mass is 10.0. The number of benzene rings is 1. The number of aryl methyl sites for hydroxylation is 2. The summed E-state index contributed by atoms with van der Waals surface area (Å²) in [6, 6.07) is 8.60. The van der Waals surface area contributed by atoms with Gasteiger partial charge in [-0.15, -0.1) is 11.3 Å². The Bertz CT molecular complexity index is 545. The van der Waals surface area contributed by atoms with Crippen LogP contribution in [0.1, 0.15) is 26.9 Å². The molecule has 4 heteroatoms. The largest absolute Gasteiger partial charge is 0.309 e. The maximum Gasteiger partial charge on any atom is 0.0669 e. The van der Waals surface area contributed by atoms with E-state index in [1.165, 1.54) is 19.8 Å². The minimum Gasteiger partial charge on any atom is -0.309 e. The highest BCUT2D eigenvalue weighted by atomic mass is 79.9. The average Bonchev–Trinajstić information content (AvgIpc) is 2.65. The van der Waals surface area contributed by atoms with Crippen molar-refractivity contribution in [2.75, 3.05) is 7.05 Å². The molecule has 0 aliphatic heterocycles. The third-order valence-electron chi connectivity index (χ3n) is 2.96. The first-order valence-electron chi connectivity index (χ1n) is 5.72. The molecule has 0 aliphatic carbocycles. The van der Waals surface area contributed by atoms with E-state index >= 15 is 0 Å². The Labute approximate surface area is 125 Å². The quantitative estimate of drug-likeness (QED) is 0.818. The molecule has 1 unspecified atom stereocenters. The van der Waals surface area contributed by atoms with Gasteiger partial charge in [0, 0.05) is 19.2 Å². The van der Waals surface area contributed by atoms with Gasteiger partial charge in [-0.05, 0) is 60.1 Å². The highest BCUT2D eigenvalue weighted by Crippen LogP contribution is 2.34. The maximum atomic E-state index is 6.08. The van der Waals surface area contributed by atoms with Gasteiger partial charge in [-0.25, -0.2) is 0 Å². The van der Waals surface area contributed by atoms with Crippen molar-refractivity contribution in [2.24, 2.45) is 0 Å². The van der Waals surface area contributed by atoms with Gasteiger partial charge in [0.15, 0.2) is 0 Å². The predicted octanol–water partition coefficient (Wildman–Crippen LogP) is 5.09. The zero-order chi connectivity index (χ0) is 13.3. The van der Waals surface area contributed by atoms with Crippen molar-refractivity contribution >= 4 is 38.9 Å². The van der Waals surface area contributed by atoms with Crippen LogP contribution in [0.25, 0.3) is 0 Å². The third-order valence-corrected chi connectivity index (χ3v) is 5.59. The molecule has 2 rings (SSSR count). The number of nitrogens with one attached hydrogen (secondary N) is 1. The maximum absolute atomic E-state index is 6.08. The van der Waals surface area contributed by atoms with E-state index in [1.807, 2.05) is 31.4 Å². The van der Waals surface area contributed by atoms with Crippen molar-refractivity contribution in [3.63, 3.8) is 0 Å². The molecule has 1 atom stereocenters. The van der Waals surface area contributed by atoms with Gasteiger partial charge in [-0.3, -0.25) is 0 Å². The lowest BCUT2D eigenvalue weighted by molar-refractivity contribution is 0.703. The van der Waals surface area contributed by atoms with Gasteiger partial charge in [0.25, 0.3) is 0 Å². The van der Waals surface area contributed by atoms with Crippen LogP contribution in [0.3, 0.4) is 0 Å². The van der Waals surface area contributed by atoms with Crippen molar-refractivity contribution < 1.29 is 0 Å². The van der Waals surface area contributed by atoms with E-state index in [0.29, 0.717) is 0 Å². The van der Waals surface area contributed by atoms with Crippen LogP contribution in [0.4, 0.5) is 0 Å². The van der Waals surface area contributed by atoms with Crippen molar-refractivity contribution in [3.8, 4) is 0 Å². The van der Waals surface area contributed by atoms with E-state index in [9.17, 15) is 0 Å². The van der Waals surface area contributed by atoms with E-state index in [2.05, 4.69) is 46.4 Å². The van der Waals surface area contributed by atoms with E-state index < -0.39 is 0 Å². The van der Waals surface area contributed by atoms with Gasteiger partial charge in [0.1, 0.15) is 0 Å². The van der Waals surface area contributed by atoms with Crippen LogP contribution in [-0.4, -0.2) is 7.05 Å². The number of halogens is 2. The van der Waals surface area contributed by atoms with Gasteiger partial charge < -0.3 is 5.32 Å². The molecule has 1 aromatic heterocycles. The van der Waals surface area contributed by atoms with Crippen molar-refractivity contribution in [2.45, 2.75) is 19.9 Å². The highest BCUT2D eigenvalue weighted by Gasteiger charge is 2.16. The van der Waals surface area contributed by atoms with Crippen molar-refractivity contribution in [1.82, 2.24) is 5.32 Å². The second kappa shape index (κ2) is 5.74.